The van der Waals surface area contributed by atoms with Gasteiger partial charge in [0, 0.05) is 30.4 Å². The molecule has 0 atom stereocenters. The van der Waals surface area contributed by atoms with Gasteiger partial charge >= 0.3 is 0 Å². The number of hydrogen-bond acceptors (Lipinski definition) is 4. The van der Waals surface area contributed by atoms with Crippen LogP contribution in [0.5, 0.6) is 0 Å². The van der Waals surface area contributed by atoms with Gasteiger partial charge in [-0.25, -0.2) is 4.98 Å². The predicted molar refractivity (Wildman–Crippen MR) is 93.3 cm³/mol. The van der Waals surface area contributed by atoms with Crippen LogP contribution in [-0.4, -0.2) is 44.2 Å². The highest BCUT2D eigenvalue weighted by Crippen LogP contribution is 2.32. The second-order valence-electron chi connectivity index (χ2n) is 7.02. The molecule has 5 nitrogen and oxygen atoms in total. The first-order valence-electron chi connectivity index (χ1n) is 8.72. The molecule has 1 fully saturated rings. The molecule has 0 radical (unpaired) electrons. The third-order valence-electron chi connectivity index (χ3n) is 5.22. The Balaban J connectivity index is 1.40. The number of thiophene rings is 1. The Hall–Kier alpha value is -1.66. The van der Waals surface area contributed by atoms with E-state index < -0.39 is 5.60 Å². The van der Waals surface area contributed by atoms with Crippen LogP contribution in [0.15, 0.2) is 24.8 Å². The van der Waals surface area contributed by atoms with E-state index in [1.54, 1.807) is 23.9 Å². The summed E-state index contributed by atoms with van der Waals surface area (Å²) in [7, 11) is 0. The van der Waals surface area contributed by atoms with Crippen LogP contribution >= 0.6 is 11.3 Å². The molecule has 4 rings (SSSR count). The predicted octanol–water partition coefficient (Wildman–Crippen LogP) is 2.49. The Kier molecular flexibility index (Phi) is 4.18. The monoisotopic (exact) mass is 345 g/mol. The van der Waals surface area contributed by atoms with Crippen LogP contribution in [0.1, 0.15) is 45.8 Å². The molecule has 1 aliphatic carbocycles. The number of rotatable bonds is 3. The molecule has 0 unspecified atom stereocenters. The molecule has 1 saturated heterocycles. The van der Waals surface area contributed by atoms with Crippen molar-refractivity contribution in [3.63, 3.8) is 0 Å². The molecule has 2 aliphatic rings. The number of aryl methyl sites for hydroxylation is 2. The Morgan fingerprint density at radius 3 is 2.79 bits per heavy atom. The van der Waals surface area contributed by atoms with Gasteiger partial charge in [0.2, 0.25) is 0 Å². The van der Waals surface area contributed by atoms with Gasteiger partial charge in [0.25, 0.3) is 5.91 Å². The number of amides is 1. The van der Waals surface area contributed by atoms with Crippen molar-refractivity contribution < 1.29 is 9.90 Å². The first kappa shape index (κ1) is 15.8. The van der Waals surface area contributed by atoms with Gasteiger partial charge in [0.05, 0.1) is 23.4 Å². The molecule has 0 aromatic carbocycles. The minimum atomic E-state index is -0.744. The zero-order chi connectivity index (χ0) is 16.6. The van der Waals surface area contributed by atoms with Crippen molar-refractivity contribution in [2.75, 3.05) is 13.1 Å². The van der Waals surface area contributed by atoms with Crippen molar-refractivity contribution in [1.29, 1.82) is 0 Å². The van der Waals surface area contributed by atoms with E-state index in [1.165, 1.54) is 23.3 Å². The fourth-order valence-electron chi connectivity index (χ4n) is 3.76. The number of carbonyl (C=O) groups is 1. The number of imidazole rings is 1. The summed E-state index contributed by atoms with van der Waals surface area (Å²) < 4.78 is 1.91. The molecule has 6 heteroatoms. The van der Waals surface area contributed by atoms with Gasteiger partial charge in [0.1, 0.15) is 0 Å². The second-order valence-corrected chi connectivity index (χ2v) is 8.15. The first-order valence-corrected chi connectivity index (χ1v) is 9.54. The van der Waals surface area contributed by atoms with Gasteiger partial charge in [-0.3, -0.25) is 4.79 Å². The van der Waals surface area contributed by atoms with E-state index in [9.17, 15) is 9.90 Å². The zero-order valence-corrected chi connectivity index (χ0v) is 14.6. The number of nitrogens with zero attached hydrogens (tertiary/aromatic N) is 3. The normalized spacial score (nSPS) is 20.0. The van der Waals surface area contributed by atoms with Crippen molar-refractivity contribution >= 4 is 17.2 Å². The van der Waals surface area contributed by atoms with E-state index in [0.29, 0.717) is 32.5 Å². The molecule has 2 aromatic heterocycles. The van der Waals surface area contributed by atoms with Gasteiger partial charge in [-0.2, -0.15) is 0 Å². The van der Waals surface area contributed by atoms with Crippen LogP contribution < -0.4 is 0 Å². The lowest BCUT2D eigenvalue weighted by atomic mass is 9.91. The van der Waals surface area contributed by atoms with Crippen LogP contribution in [-0.2, 0) is 19.4 Å². The average molecular weight is 345 g/mol. The molecule has 0 saturated carbocycles. The van der Waals surface area contributed by atoms with Gasteiger partial charge in [-0.1, -0.05) is 0 Å². The van der Waals surface area contributed by atoms with E-state index in [1.807, 2.05) is 15.7 Å². The van der Waals surface area contributed by atoms with Crippen LogP contribution in [0.25, 0.3) is 0 Å². The van der Waals surface area contributed by atoms with Gasteiger partial charge in [0.15, 0.2) is 0 Å². The highest BCUT2D eigenvalue weighted by atomic mass is 32.1. The van der Waals surface area contributed by atoms with Crippen molar-refractivity contribution in [2.24, 2.45) is 0 Å². The number of piperidine rings is 1. The zero-order valence-electron chi connectivity index (χ0n) is 13.8. The number of aromatic nitrogens is 2. The van der Waals surface area contributed by atoms with E-state index in [2.05, 4.69) is 11.1 Å². The van der Waals surface area contributed by atoms with E-state index in [4.69, 9.17) is 0 Å². The molecule has 128 valence electrons. The van der Waals surface area contributed by atoms with E-state index in [0.717, 1.165) is 17.7 Å². The third kappa shape index (κ3) is 3.13. The molecular formula is C18H23N3O2S. The topological polar surface area (TPSA) is 58.4 Å². The Morgan fingerprint density at radius 1 is 1.29 bits per heavy atom. The average Bonchev–Trinajstić information content (AvgIpc) is 3.23. The Bertz CT molecular complexity index is 691. The Morgan fingerprint density at radius 2 is 2.08 bits per heavy atom. The van der Waals surface area contributed by atoms with Gasteiger partial charge in [-0.05, 0) is 50.2 Å². The standard InChI is InChI=1S/C18H23N3O2S/c22-17(16-11-14-3-1-2-4-15(14)24-16)21-8-5-18(23,6-9-21)12-20-10-7-19-13-20/h7,10-11,13,23H,1-6,8-9,12H2. The van der Waals surface area contributed by atoms with Crippen molar-refractivity contribution in [1.82, 2.24) is 14.5 Å². The molecule has 0 bridgehead atoms. The molecule has 2 aromatic rings. The first-order chi connectivity index (χ1) is 11.6. The SMILES string of the molecule is O=C(c1cc2c(s1)CCCC2)N1CCC(O)(Cn2ccnc2)CC1. The van der Waals surface area contributed by atoms with Crippen molar-refractivity contribution in [3.8, 4) is 0 Å². The number of likely N-dealkylation sites (tertiary alicyclic amines) is 1. The van der Waals surface area contributed by atoms with Gasteiger partial charge < -0.3 is 14.6 Å². The molecular weight excluding hydrogens is 322 g/mol. The minimum Gasteiger partial charge on any atom is -0.388 e. The van der Waals surface area contributed by atoms with Crippen LogP contribution in [0.2, 0.25) is 0 Å². The second kappa shape index (κ2) is 6.33. The fraction of sp³-hybridized carbons (Fsp3) is 0.556. The number of hydrogen-bond donors (Lipinski definition) is 1. The summed E-state index contributed by atoms with van der Waals surface area (Å²) in [5.74, 6) is 0.138. The number of fused-ring (bicyclic) bond motifs is 1. The maximum Gasteiger partial charge on any atom is 0.263 e. The molecule has 3 heterocycles. The lowest BCUT2D eigenvalue weighted by Gasteiger charge is -2.38. The molecule has 1 amide bonds. The quantitative estimate of drug-likeness (QED) is 0.930. The highest BCUT2D eigenvalue weighted by Gasteiger charge is 2.35. The van der Waals surface area contributed by atoms with E-state index >= 15 is 0 Å². The van der Waals surface area contributed by atoms with Crippen LogP contribution in [0.3, 0.4) is 0 Å². The molecule has 0 spiro atoms. The summed E-state index contributed by atoms with van der Waals surface area (Å²) in [6.07, 6.45) is 11.3. The van der Waals surface area contributed by atoms with Crippen LogP contribution in [0, 0.1) is 0 Å². The molecule has 24 heavy (non-hydrogen) atoms. The maximum absolute atomic E-state index is 12.8. The summed E-state index contributed by atoms with van der Waals surface area (Å²) in [5, 5.41) is 10.8. The Labute approximate surface area is 145 Å². The lowest BCUT2D eigenvalue weighted by molar-refractivity contribution is -0.0291. The summed E-state index contributed by atoms with van der Waals surface area (Å²) in [6, 6.07) is 2.10. The summed E-state index contributed by atoms with van der Waals surface area (Å²) in [4.78, 5) is 21.0. The third-order valence-corrected chi connectivity index (χ3v) is 6.45. The lowest BCUT2D eigenvalue weighted by Crippen LogP contribution is -2.48. The van der Waals surface area contributed by atoms with Crippen molar-refractivity contribution in [3.05, 3.63) is 40.1 Å². The minimum absolute atomic E-state index is 0.138. The number of carbonyl (C=O) groups excluding carboxylic acids is 1. The van der Waals surface area contributed by atoms with Crippen LogP contribution in [0.4, 0.5) is 0 Å². The highest BCUT2D eigenvalue weighted by molar-refractivity contribution is 7.14. The molecule has 1 aliphatic heterocycles. The largest absolute Gasteiger partial charge is 0.388 e. The molecule has 1 N–H and O–H groups in total. The maximum atomic E-state index is 12.8. The van der Waals surface area contributed by atoms with Crippen molar-refractivity contribution in [2.45, 2.75) is 50.7 Å². The smallest absolute Gasteiger partial charge is 0.263 e. The summed E-state index contributed by atoms with van der Waals surface area (Å²) in [6.45, 7) is 1.78. The van der Waals surface area contributed by atoms with Gasteiger partial charge in [-0.15, -0.1) is 11.3 Å². The fourth-order valence-corrected chi connectivity index (χ4v) is 4.98. The van der Waals surface area contributed by atoms with E-state index in [-0.39, 0.29) is 5.91 Å². The number of aliphatic hydroxyl groups is 1. The summed E-state index contributed by atoms with van der Waals surface area (Å²) in [5.41, 5.74) is 0.634. The summed E-state index contributed by atoms with van der Waals surface area (Å²) >= 11 is 1.67.